The second-order valence-electron chi connectivity index (χ2n) is 4.93. The molecule has 3 rings (SSSR count). The summed E-state index contributed by atoms with van der Waals surface area (Å²) in [4.78, 5) is 15.5. The van der Waals surface area contributed by atoms with Crippen LogP contribution in [0.25, 0.3) is 11.4 Å². The second kappa shape index (κ2) is 6.13. The lowest BCUT2D eigenvalue weighted by Crippen LogP contribution is -2.17. The fourth-order valence-corrected chi connectivity index (χ4v) is 2.10. The zero-order chi connectivity index (χ0) is 16.4. The van der Waals surface area contributed by atoms with Crippen LogP contribution in [0.15, 0.2) is 24.3 Å². The molecule has 2 aromatic heterocycles. The van der Waals surface area contributed by atoms with Gasteiger partial charge in [-0.05, 0) is 17.3 Å². The molecule has 3 aromatic rings. The summed E-state index contributed by atoms with van der Waals surface area (Å²) in [6, 6.07) is 7.30. The molecular weight excluding hydrogens is 318 g/mol. The third-order valence-corrected chi connectivity index (χ3v) is 3.27. The Hall–Kier alpha value is -2.81. The molecule has 9 nitrogen and oxygen atoms in total. The van der Waals surface area contributed by atoms with E-state index >= 15 is 0 Å². The first-order valence-electron chi connectivity index (χ1n) is 6.73. The number of anilines is 2. The largest absolute Gasteiger partial charge is 0.368 e. The number of hydrogen-bond acceptors (Lipinski definition) is 8. The summed E-state index contributed by atoms with van der Waals surface area (Å²) in [5, 5.41) is 12.9. The van der Waals surface area contributed by atoms with E-state index < -0.39 is 0 Å². The predicted molar refractivity (Wildman–Crippen MR) is 85.9 cm³/mol. The molecule has 0 atom stereocenters. The van der Waals surface area contributed by atoms with Crippen LogP contribution >= 0.6 is 11.6 Å². The van der Waals surface area contributed by atoms with Crippen molar-refractivity contribution in [2.75, 3.05) is 24.7 Å². The van der Waals surface area contributed by atoms with E-state index in [9.17, 15) is 0 Å². The van der Waals surface area contributed by atoms with Gasteiger partial charge in [-0.3, -0.25) is 0 Å². The normalized spacial score (nSPS) is 10.7. The lowest BCUT2D eigenvalue weighted by atomic mass is 10.2. The SMILES string of the molecule is CN(C)c1nc(N)nc(Cn2nnc(-c3ccccc3Cl)n2)n1. The summed E-state index contributed by atoms with van der Waals surface area (Å²) in [7, 11) is 3.64. The highest BCUT2D eigenvalue weighted by Gasteiger charge is 2.12. The van der Waals surface area contributed by atoms with E-state index in [1.165, 1.54) is 4.80 Å². The molecule has 0 radical (unpaired) electrons. The zero-order valence-corrected chi connectivity index (χ0v) is 13.3. The van der Waals surface area contributed by atoms with Crippen LogP contribution in [0.2, 0.25) is 5.02 Å². The van der Waals surface area contributed by atoms with Crippen molar-refractivity contribution >= 4 is 23.5 Å². The van der Waals surface area contributed by atoms with E-state index in [-0.39, 0.29) is 12.5 Å². The molecule has 0 spiro atoms. The Morgan fingerprint density at radius 3 is 2.70 bits per heavy atom. The first kappa shape index (κ1) is 15.1. The number of benzene rings is 1. The Kier molecular flexibility index (Phi) is 4.02. The second-order valence-corrected chi connectivity index (χ2v) is 5.33. The topological polar surface area (TPSA) is 112 Å². The summed E-state index contributed by atoms with van der Waals surface area (Å²) in [6.07, 6.45) is 0. The molecule has 118 valence electrons. The van der Waals surface area contributed by atoms with Gasteiger partial charge in [0.2, 0.25) is 17.7 Å². The van der Waals surface area contributed by atoms with Gasteiger partial charge in [0.15, 0.2) is 5.82 Å². The minimum Gasteiger partial charge on any atom is -0.368 e. The maximum absolute atomic E-state index is 6.13. The molecule has 2 heterocycles. The number of nitrogen functional groups attached to an aromatic ring is 1. The Balaban J connectivity index is 1.86. The first-order valence-corrected chi connectivity index (χ1v) is 7.11. The van der Waals surface area contributed by atoms with E-state index in [4.69, 9.17) is 17.3 Å². The molecule has 0 saturated heterocycles. The van der Waals surface area contributed by atoms with E-state index in [0.29, 0.717) is 28.2 Å². The minimum absolute atomic E-state index is 0.144. The molecule has 10 heteroatoms. The fraction of sp³-hybridized carbons (Fsp3) is 0.231. The van der Waals surface area contributed by atoms with Crippen molar-refractivity contribution in [1.82, 2.24) is 35.2 Å². The van der Waals surface area contributed by atoms with Crippen LogP contribution < -0.4 is 10.6 Å². The lowest BCUT2D eigenvalue weighted by molar-refractivity contribution is 0.553. The van der Waals surface area contributed by atoms with Crippen LogP contribution in [0.4, 0.5) is 11.9 Å². The summed E-state index contributed by atoms with van der Waals surface area (Å²) >= 11 is 6.13. The molecule has 0 aliphatic carbocycles. The molecule has 23 heavy (non-hydrogen) atoms. The molecule has 0 aliphatic rings. The average molecular weight is 332 g/mol. The van der Waals surface area contributed by atoms with Gasteiger partial charge in [0.1, 0.15) is 6.54 Å². The maximum Gasteiger partial charge on any atom is 0.229 e. The lowest BCUT2D eigenvalue weighted by Gasteiger charge is -2.10. The number of halogens is 1. The number of aromatic nitrogens is 7. The monoisotopic (exact) mass is 331 g/mol. The summed E-state index contributed by atoms with van der Waals surface area (Å²) < 4.78 is 0. The molecule has 0 amide bonds. The van der Waals surface area contributed by atoms with Crippen LogP contribution in [-0.2, 0) is 6.54 Å². The Labute approximate surface area is 137 Å². The van der Waals surface area contributed by atoms with E-state index in [0.717, 1.165) is 0 Å². The van der Waals surface area contributed by atoms with Crippen LogP contribution in [0.1, 0.15) is 5.82 Å². The van der Waals surface area contributed by atoms with Gasteiger partial charge < -0.3 is 10.6 Å². The highest BCUT2D eigenvalue weighted by Crippen LogP contribution is 2.23. The molecule has 0 fully saturated rings. The molecule has 0 aliphatic heterocycles. The van der Waals surface area contributed by atoms with Gasteiger partial charge >= 0.3 is 0 Å². The molecule has 0 unspecified atom stereocenters. The van der Waals surface area contributed by atoms with Crippen molar-refractivity contribution in [3.05, 3.63) is 35.1 Å². The Morgan fingerprint density at radius 2 is 1.96 bits per heavy atom. The number of tetrazole rings is 1. The van der Waals surface area contributed by atoms with Gasteiger partial charge in [0.25, 0.3) is 0 Å². The van der Waals surface area contributed by atoms with Crippen molar-refractivity contribution in [2.24, 2.45) is 0 Å². The van der Waals surface area contributed by atoms with E-state index in [1.54, 1.807) is 11.0 Å². The predicted octanol–water partition coefficient (Wildman–Crippen LogP) is 0.875. The molecule has 2 N–H and O–H groups in total. The van der Waals surface area contributed by atoms with Gasteiger partial charge in [-0.15, -0.1) is 10.2 Å². The quantitative estimate of drug-likeness (QED) is 0.749. The molecule has 1 aromatic carbocycles. The number of hydrogen-bond donors (Lipinski definition) is 1. The number of nitrogens with zero attached hydrogens (tertiary/aromatic N) is 8. The van der Waals surface area contributed by atoms with Gasteiger partial charge in [0, 0.05) is 19.7 Å². The van der Waals surface area contributed by atoms with Crippen molar-refractivity contribution in [2.45, 2.75) is 6.54 Å². The summed E-state index contributed by atoms with van der Waals surface area (Å²) in [6.45, 7) is 0.227. The molecular formula is C13H14ClN9. The van der Waals surface area contributed by atoms with Gasteiger partial charge in [0.05, 0.1) is 5.02 Å². The highest BCUT2D eigenvalue weighted by atomic mass is 35.5. The average Bonchev–Trinajstić information content (AvgIpc) is 2.95. The van der Waals surface area contributed by atoms with Crippen molar-refractivity contribution in [3.63, 3.8) is 0 Å². The standard InChI is InChI=1S/C13H14ClN9/c1-22(2)13-17-10(16-12(15)18-13)7-23-20-11(19-21-23)8-5-3-4-6-9(8)14/h3-6H,7H2,1-2H3,(H2,15,16,17,18). The Bertz CT molecular complexity index is 830. The van der Waals surface area contributed by atoms with Gasteiger partial charge in [-0.25, -0.2) is 0 Å². The van der Waals surface area contributed by atoms with Crippen LogP contribution in [0.5, 0.6) is 0 Å². The first-order chi connectivity index (χ1) is 11.0. The van der Waals surface area contributed by atoms with E-state index in [1.807, 2.05) is 32.3 Å². The Morgan fingerprint density at radius 1 is 1.17 bits per heavy atom. The maximum atomic E-state index is 6.13. The molecule has 0 saturated carbocycles. The van der Waals surface area contributed by atoms with Gasteiger partial charge in [-0.2, -0.15) is 19.7 Å². The van der Waals surface area contributed by atoms with Crippen molar-refractivity contribution in [3.8, 4) is 11.4 Å². The number of nitrogens with two attached hydrogens (primary N) is 1. The van der Waals surface area contributed by atoms with E-state index in [2.05, 4.69) is 30.4 Å². The van der Waals surface area contributed by atoms with Crippen molar-refractivity contribution in [1.29, 1.82) is 0 Å². The molecule has 0 bridgehead atoms. The fourth-order valence-electron chi connectivity index (χ4n) is 1.88. The third kappa shape index (κ3) is 3.34. The minimum atomic E-state index is 0.144. The summed E-state index contributed by atoms with van der Waals surface area (Å²) in [5.74, 6) is 1.50. The van der Waals surface area contributed by atoms with Crippen LogP contribution in [0.3, 0.4) is 0 Å². The number of rotatable bonds is 4. The zero-order valence-electron chi connectivity index (χ0n) is 12.5. The summed E-state index contributed by atoms with van der Waals surface area (Å²) in [5.41, 5.74) is 6.41. The van der Waals surface area contributed by atoms with Crippen molar-refractivity contribution < 1.29 is 0 Å². The third-order valence-electron chi connectivity index (χ3n) is 2.94. The smallest absolute Gasteiger partial charge is 0.229 e. The van der Waals surface area contributed by atoms with Crippen LogP contribution in [-0.4, -0.2) is 49.3 Å². The van der Waals surface area contributed by atoms with Crippen LogP contribution in [0, 0.1) is 0 Å². The van der Waals surface area contributed by atoms with Gasteiger partial charge in [-0.1, -0.05) is 23.7 Å². The highest BCUT2D eigenvalue weighted by molar-refractivity contribution is 6.33.